The van der Waals surface area contributed by atoms with E-state index in [0.717, 1.165) is 29.2 Å². The molecule has 1 atom stereocenters. The van der Waals surface area contributed by atoms with Crippen LogP contribution in [0.1, 0.15) is 51.6 Å². The van der Waals surface area contributed by atoms with Crippen molar-refractivity contribution < 1.29 is 32.6 Å². The Balaban J connectivity index is 1.56. The van der Waals surface area contributed by atoms with E-state index in [1.54, 1.807) is 10.7 Å². The largest absolute Gasteiger partial charge is 0.510 e. The molecule has 11 heteroatoms. The maximum Gasteiger partial charge on any atom is 0.510 e. The average molecular weight is 555 g/mol. The molecule has 1 aromatic heterocycles. The Hall–Kier alpha value is -3.86. The standard InChI is InChI=1S/C28H24F2N2O6S/c1-15-4-3-5-17-22(16-6-7-19(29)21(30)18(16)12-39-25(15)17)32-13-28(9-10-28)26(34)23-24(20(33)8-11-31(23)32)37-14-38-27(35)36-2/h3-8,11,22H,9-10,12-14H2,1-2H3/t22-/m0/s1. The van der Waals surface area contributed by atoms with Gasteiger partial charge in [0.25, 0.3) is 0 Å². The fourth-order valence-corrected chi connectivity index (χ4v) is 6.68. The van der Waals surface area contributed by atoms with Gasteiger partial charge in [-0.2, -0.15) is 0 Å². The Morgan fingerprint density at radius 1 is 1.13 bits per heavy atom. The van der Waals surface area contributed by atoms with Gasteiger partial charge in [-0.1, -0.05) is 24.3 Å². The molecule has 3 aromatic rings. The summed E-state index contributed by atoms with van der Waals surface area (Å²) in [6, 6.07) is 9.23. The molecule has 2 aliphatic heterocycles. The summed E-state index contributed by atoms with van der Waals surface area (Å²) in [5.74, 6) is -2.08. The van der Waals surface area contributed by atoms with Crippen molar-refractivity contribution in [2.45, 2.75) is 36.5 Å². The van der Waals surface area contributed by atoms with E-state index in [9.17, 15) is 18.8 Å². The van der Waals surface area contributed by atoms with Gasteiger partial charge in [0.15, 0.2) is 28.9 Å². The predicted molar refractivity (Wildman–Crippen MR) is 138 cm³/mol. The van der Waals surface area contributed by atoms with Gasteiger partial charge in [-0.3, -0.25) is 19.3 Å². The molecule has 0 radical (unpaired) electrons. The third kappa shape index (κ3) is 4.07. The summed E-state index contributed by atoms with van der Waals surface area (Å²) in [6.07, 6.45) is 1.71. The molecule has 8 nitrogen and oxygen atoms in total. The lowest BCUT2D eigenvalue weighted by atomic mass is 9.89. The van der Waals surface area contributed by atoms with Crippen molar-refractivity contribution in [2.24, 2.45) is 5.41 Å². The van der Waals surface area contributed by atoms with E-state index in [2.05, 4.69) is 4.74 Å². The van der Waals surface area contributed by atoms with Crippen LogP contribution in [0.4, 0.5) is 13.6 Å². The van der Waals surface area contributed by atoms with Crippen molar-refractivity contribution in [3.8, 4) is 5.75 Å². The lowest BCUT2D eigenvalue weighted by Crippen LogP contribution is -2.52. The van der Waals surface area contributed by atoms with E-state index < -0.39 is 41.5 Å². The third-order valence-corrected chi connectivity index (χ3v) is 8.88. The number of carbonyl (C=O) groups excluding carboxylic acids is 2. The topological polar surface area (TPSA) is 87.1 Å². The highest BCUT2D eigenvalue weighted by Gasteiger charge is 2.57. The van der Waals surface area contributed by atoms with Gasteiger partial charge in [-0.05, 0) is 42.5 Å². The van der Waals surface area contributed by atoms with E-state index in [0.29, 0.717) is 24.9 Å². The van der Waals surface area contributed by atoms with Gasteiger partial charge in [-0.15, -0.1) is 11.8 Å². The minimum Gasteiger partial charge on any atom is -0.451 e. The second kappa shape index (κ2) is 9.41. The van der Waals surface area contributed by atoms with Gasteiger partial charge in [0.05, 0.1) is 18.6 Å². The van der Waals surface area contributed by atoms with E-state index in [-0.39, 0.29) is 28.5 Å². The monoisotopic (exact) mass is 554 g/mol. The van der Waals surface area contributed by atoms with Gasteiger partial charge >= 0.3 is 6.16 Å². The van der Waals surface area contributed by atoms with Crippen molar-refractivity contribution >= 4 is 23.7 Å². The van der Waals surface area contributed by atoms with Crippen molar-refractivity contribution in [1.82, 2.24) is 4.68 Å². The lowest BCUT2D eigenvalue weighted by Gasteiger charge is -2.43. The Morgan fingerprint density at radius 2 is 1.92 bits per heavy atom. The number of benzene rings is 2. The number of hydrogen-bond acceptors (Lipinski definition) is 8. The Bertz CT molecular complexity index is 1580. The van der Waals surface area contributed by atoms with Crippen molar-refractivity contribution in [2.75, 3.05) is 25.5 Å². The number of ketones is 1. The highest BCUT2D eigenvalue weighted by molar-refractivity contribution is 7.98. The van der Waals surface area contributed by atoms with Gasteiger partial charge in [0, 0.05) is 35.0 Å². The molecule has 2 aromatic carbocycles. The van der Waals surface area contributed by atoms with Crippen LogP contribution in [-0.4, -0.2) is 37.1 Å². The molecule has 202 valence electrons. The number of Topliss-reactive ketones (excluding diaryl/α,β-unsaturated/α-hetero) is 1. The average Bonchev–Trinajstić information content (AvgIpc) is 3.72. The number of fused-ring (bicyclic) bond motifs is 3. The third-order valence-electron chi connectivity index (χ3n) is 7.60. The number of aromatic nitrogens is 1. The highest BCUT2D eigenvalue weighted by atomic mass is 32.2. The molecule has 1 fully saturated rings. The number of rotatable bonds is 4. The molecule has 0 N–H and O–H groups in total. The fraction of sp³-hybridized carbons (Fsp3) is 0.321. The van der Waals surface area contributed by atoms with Gasteiger partial charge in [0.1, 0.15) is 0 Å². The Kier molecular flexibility index (Phi) is 6.13. The smallest absolute Gasteiger partial charge is 0.451 e. The normalized spacial score (nSPS) is 18.5. The van der Waals surface area contributed by atoms with E-state index in [4.69, 9.17) is 9.47 Å². The van der Waals surface area contributed by atoms with Crippen molar-refractivity contribution in [3.63, 3.8) is 0 Å². The molecule has 6 rings (SSSR count). The highest BCUT2D eigenvalue weighted by Crippen LogP contribution is 2.54. The van der Waals surface area contributed by atoms with E-state index >= 15 is 4.39 Å². The molecule has 0 amide bonds. The number of aryl methyl sites for hydroxylation is 1. The zero-order valence-electron chi connectivity index (χ0n) is 21.2. The number of halogens is 2. The van der Waals surface area contributed by atoms with Crippen molar-refractivity contribution in [3.05, 3.63) is 92.4 Å². The van der Waals surface area contributed by atoms with E-state index in [1.807, 2.05) is 30.1 Å². The number of methoxy groups -OCH3 is 1. The molecule has 39 heavy (non-hydrogen) atoms. The SMILES string of the molecule is COC(=O)OCOc1c2n(ccc1=O)N([C@H]1c3ccc(F)c(F)c3CSc3c(C)cccc31)CC1(CC1)C2=O. The lowest BCUT2D eigenvalue weighted by molar-refractivity contribution is 0.0137. The molecule has 0 saturated heterocycles. The van der Waals surface area contributed by atoms with Crippen LogP contribution in [-0.2, 0) is 15.2 Å². The molecule has 3 aliphatic rings. The van der Waals surface area contributed by atoms with Crippen LogP contribution < -0.4 is 15.2 Å². The summed E-state index contributed by atoms with van der Waals surface area (Å²) in [6.45, 7) is 1.64. The zero-order chi connectivity index (χ0) is 27.5. The number of nitrogens with zero attached hydrogens (tertiary/aromatic N) is 2. The number of carbonyl (C=O) groups is 2. The minimum atomic E-state index is -1.000. The first-order chi connectivity index (χ1) is 18.8. The van der Waals surface area contributed by atoms with Crippen LogP contribution in [0.2, 0.25) is 0 Å². The first-order valence-corrected chi connectivity index (χ1v) is 13.3. The quantitative estimate of drug-likeness (QED) is 0.334. The Labute approximate surface area is 226 Å². The first kappa shape index (κ1) is 25.4. The predicted octanol–water partition coefficient (Wildman–Crippen LogP) is 4.86. The summed E-state index contributed by atoms with van der Waals surface area (Å²) in [4.78, 5) is 39.0. The molecule has 1 aliphatic carbocycles. The van der Waals surface area contributed by atoms with Gasteiger partial charge in [-0.25, -0.2) is 13.6 Å². The van der Waals surface area contributed by atoms with Crippen LogP contribution >= 0.6 is 11.8 Å². The summed E-state index contributed by atoms with van der Waals surface area (Å²) >= 11 is 1.44. The van der Waals surface area contributed by atoms with Crippen LogP contribution in [0.15, 0.2) is 52.3 Å². The van der Waals surface area contributed by atoms with E-state index in [1.165, 1.54) is 24.0 Å². The molecule has 0 bridgehead atoms. The maximum atomic E-state index is 15.2. The summed E-state index contributed by atoms with van der Waals surface area (Å²) in [5.41, 5.74) is 1.43. The fourth-order valence-electron chi connectivity index (χ4n) is 5.46. The number of hydrogen-bond donors (Lipinski definition) is 0. The van der Waals surface area contributed by atoms with Crippen LogP contribution in [0.5, 0.6) is 5.75 Å². The van der Waals surface area contributed by atoms with Gasteiger partial charge in [0.2, 0.25) is 12.2 Å². The molecular weight excluding hydrogens is 530 g/mol. The maximum absolute atomic E-state index is 15.2. The van der Waals surface area contributed by atoms with Crippen LogP contribution in [0, 0.1) is 24.0 Å². The molecule has 3 heterocycles. The molecule has 0 unspecified atom stereocenters. The molecule has 1 spiro atoms. The molecule has 1 saturated carbocycles. The molecular formula is C28H24F2N2O6S. The van der Waals surface area contributed by atoms with Crippen LogP contribution in [0.3, 0.4) is 0 Å². The summed E-state index contributed by atoms with van der Waals surface area (Å²) < 4.78 is 46.0. The van der Waals surface area contributed by atoms with Crippen molar-refractivity contribution in [1.29, 1.82) is 0 Å². The summed E-state index contributed by atoms with van der Waals surface area (Å²) in [5, 5.41) is 1.93. The zero-order valence-corrected chi connectivity index (χ0v) is 22.0. The summed E-state index contributed by atoms with van der Waals surface area (Å²) in [7, 11) is 1.14. The first-order valence-electron chi connectivity index (χ1n) is 12.4. The Morgan fingerprint density at radius 3 is 2.67 bits per heavy atom. The number of pyridine rings is 1. The second-order valence-corrected chi connectivity index (χ2v) is 10.9. The van der Waals surface area contributed by atoms with Gasteiger partial charge < -0.3 is 14.2 Å². The number of ether oxygens (including phenoxy) is 3. The van der Waals surface area contributed by atoms with Crippen LogP contribution in [0.25, 0.3) is 0 Å². The minimum absolute atomic E-state index is 0.0231. The number of thioether (sulfide) groups is 1. The second-order valence-electron chi connectivity index (χ2n) is 9.88.